The summed E-state index contributed by atoms with van der Waals surface area (Å²) in [6.07, 6.45) is 1.60. The molecule has 1 spiro atoms. The molecule has 0 bridgehead atoms. The van der Waals surface area contributed by atoms with Gasteiger partial charge in [0.05, 0.1) is 39.0 Å². The summed E-state index contributed by atoms with van der Waals surface area (Å²) in [6.45, 7) is 2.34. The number of fused-ring (bicyclic) bond motifs is 11. The van der Waals surface area contributed by atoms with Crippen LogP contribution in [0.4, 0.5) is 11.4 Å². The van der Waals surface area contributed by atoms with Gasteiger partial charge in [-0.2, -0.15) is 0 Å². The molecule has 3 fully saturated rings. The maximum absolute atomic E-state index is 14.6. The van der Waals surface area contributed by atoms with E-state index >= 15 is 0 Å². The Labute approximate surface area is 227 Å². The SMILES string of the molecule is Cc1cc([N+](=O)[O-])ccc1N1C(=O)C2C3CCCN3C3(c4ccccc4-n4c3nc3ccccc3c4=O)C2C1=O. The van der Waals surface area contributed by atoms with E-state index in [1.54, 1.807) is 29.7 Å². The van der Waals surface area contributed by atoms with Gasteiger partial charge in [0.1, 0.15) is 11.4 Å². The van der Waals surface area contributed by atoms with Gasteiger partial charge in [0.15, 0.2) is 0 Å². The van der Waals surface area contributed by atoms with Gasteiger partial charge in [-0.25, -0.2) is 9.88 Å². The smallest absolute Gasteiger partial charge is 0.269 e. The molecule has 1 aromatic heterocycles. The number of carbonyl (C=O) groups is 2. The first-order valence-electron chi connectivity index (χ1n) is 13.4. The van der Waals surface area contributed by atoms with Crippen LogP contribution in [0.5, 0.6) is 0 Å². The molecule has 10 heteroatoms. The lowest BCUT2D eigenvalue weighted by molar-refractivity contribution is -0.384. The van der Waals surface area contributed by atoms with Gasteiger partial charge in [-0.1, -0.05) is 30.3 Å². The molecule has 8 rings (SSSR count). The summed E-state index contributed by atoms with van der Waals surface area (Å²) in [7, 11) is 0. The number of para-hydroxylation sites is 2. The summed E-state index contributed by atoms with van der Waals surface area (Å²) in [4.78, 5) is 62.1. The molecule has 2 amide bonds. The summed E-state index contributed by atoms with van der Waals surface area (Å²) in [5.41, 5.74) is 1.45. The zero-order valence-electron chi connectivity index (χ0n) is 21.5. The summed E-state index contributed by atoms with van der Waals surface area (Å²) in [5, 5.41) is 11.8. The predicted octanol–water partition coefficient (Wildman–Crippen LogP) is 3.44. The van der Waals surface area contributed by atoms with Gasteiger partial charge < -0.3 is 0 Å². The Morgan fingerprint density at radius 1 is 0.975 bits per heavy atom. The van der Waals surface area contributed by atoms with Crippen LogP contribution in [-0.2, 0) is 15.1 Å². The Hall–Kier alpha value is -4.70. The van der Waals surface area contributed by atoms with Crippen molar-refractivity contribution in [2.75, 3.05) is 11.4 Å². The van der Waals surface area contributed by atoms with Crippen molar-refractivity contribution in [2.45, 2.75) is 31.3 Å². The predicted molar refractivity (Wildman–Crippen MR) is 145 cm³/mol. The number of aromatic nitrogens is 2. The monoisotopic (exact) mass is 533 g/mol. The van der Waals surface area contributed by atoms with Crippen LogP contribution in [0.15, 0.2) is 71.5 Å². The van der Waals surface area contributed by atoms with E-state index in [9.17, 15) is 24.5 Å². The molecule has 4 aliphatic heterocycles. The fourth-order valence-corrected chi connectivity index (χ4v) is 7.86. The molecule has 40 heavy (non-hydrogen) atoms. The van der Waals surface area contributed by atoms with E-state index in [1.807, 2.05) is 30.3 Å². The lowest BCUT2D eigenvalue weighted by Crippen LogP contribution is -2.51. The number of imide groups is 1. The standard InChI is InChI=1S/C30H23N5O5/c1-16-15-17(35(39)40)12-13-21(16)33-27(37)24-23-11-6-14-32(23)30(25(24)28(33)38)19-8-3-5-10-22(19)34-26(36)18-7-2-4-9-20(18)31-29(30)34/h2-5,7-10,12-13,15,23-25H,6,11,14H2,1H3. The summed E-state index contributed by atoms with van der Waals surface area (Å²) < 4.78 is 1.63. The lowest BCUT2D eigenvalue weighted by Gasteiger charge is -2.38. The minimum absolute atomic E-state index is 0.104. The molecule has 0 saturated carbocycles. The third-order valence-corrected chi connectivity index (χ3v) is 9.27. The van der Waals surface area contributed by atoms with Crippen LogP contribution in [-0.4, -0.2) is 43.8 Å². The van der Waals surface area contributed by atoms with Crippen molar-refractivity contribution >= 4 is 34.1 Å². The normalized spacial score (nSPS) is 26.4. The quantitative estimate of drug-likeness (QED) is 0.220. The highest BCUT2D eigenvalue weighted by Crippen LogP contribution is 2.62. The molecule has 3 aromatic carbocycles. The van der Waals surface area contributed by atoms with Crippen LogP contribution in [0.1, 0.15) is 29.8 Å². The molecule has 198 valence electrons. The van der Waals surface area contributed by atoms with E-state index in [-0.39, 0.29) is 29.1 Å². The van der Waals surface area contributed by atoms with E-state index in [4.69, 9.17) is 4.98 Å². The van der Waals surface area contributed by atoms with Crippen molar-refractivity contribution < 1.29 is 14.5 Å². The number of hydrogen-bond donors (Lipinski definition) is 0. The summed E-state index contributed by atoms with van der Waals surface area (Å²) in [5.74, 6) is -1.64. The number of rotatable bonds is 2. The Morgan fingerprint density at radius 2 is 1.75 bits per heavy atom. The first-order valence-corrected chi connectivity index (χ1v) is 13.4. The second kappa shape index (κ2) is 7.70. The molecular formula is C30H23N5O5. The molecule has 10 nitrogen and oxygen atoms in total. The molecule has 0 N–H and O–H groups in total. The van der Waals surface area contributed by atoms with Crippen molar-refractivity contribution in [1.29, 1.82) is 0 Å². The van der Waals surface area contributed by atoms with E-state index in [0.29, 0.717) is 40.2 Å². The molecular weight excluding hydrogens is 510 g/mol. The molecule has 0 radical (unpaired) electrons. The second-order valence-electron chi connectivity index (χ2n) is 11.0. The van der Waals surface area contributed by atoms with E-state index in [2.05, 4.69) is 4.90 Å². The van der Waals surface area contributed by atoms with Crippen LogP contribution in [0.25, 0.3) is 16.6 Å². The van der Waals surface area contributed by atoms with Crippen molar-refractivity contribution in [3.8, 4) is 5.69 Å². The minimum atomic E-state index is -1.10. The van der Waals surface area contributed by atoms with Gasteiger partial charge in [-0.15, -0.1) is 0 Å². The first kappa shape index (κ1) is 23.2. The molecule has 5 heterocycles. The van der Waals surface area contributed by atoms with Crippen molar-refractivity contribution in [1.82, 2.24) is 14.5 Å². The van der Waals surface area contributed by atoms with Gasteiger partial charge >= 0.3 is 0 Å². The third kappa shape index (κ3) is 2.57. The second-order valence-corrected chi connectivity index (χ2v) is 11.0. The zero-order chi connectivity index (χ0) is 27.5. The molecule has 4 aromatic rings. The number of carbonyl (C=O) groups excluding carboxylic acids is 2. The van der Waals surface area contributed by atoms with Gasteiger partial charge in [-0.3, -0.25) is 34.0 Å². The number of hydrogen-bond acceptors (Lipinski definition) is 7. The van der Waals surface area contributed by atoms with Crippen LogP contribution < -0.4 is 10.5 Å². The van der Waals surface area contributed by atoms with Crippen LogP contribution >= 0.6 is 0 Å². The number of aryl methyl sites for hydroxylation is 1. The highest BCUT2D eigenvalue weighted by Gasteiger charge is 2.73. The van der Waals surface area contributed by atoms with Crippen molar-refractivity contribution in [2.24, 2.45) is 11.8 Å². The fraction of sp³-hybridized carbons (Fsp3) is 0.267. The van der Waals surface area contributed by atoms with Crippen molar-refractivity contribution in [3.05, 3.63) is 104 Å². The molecule has 3 saturated heterocycles. The average molecular weight is 534 g/mol. The highest BCUT2D eigenvalue weighted by molar-refractivity contribution is 6.23. The third-order valence-electron chi connectivity index (χ3n) is 9.27. The van der Waals surface area contributed by atoms with E-state index in [0.717, 1.165) is 18.4 Å². The number of nitro groups is 1. The largest absolute Gasteiger partial charge is 0.283 e. The molecule has 4 aliphatic rings. The first-order chi connectivity index (χ1) is 19.4. The maximum Gasteiger partial charge on any atom is 0.269 e. The topological polar surface area (TPSA) is 119 Å². The number of nitrogens with zero attached hydrogens (tertiary/aromatic N) is 5. The molecule has 4 unspecified atom stereocenters. The van der Waals surface area contributed by atoms with Crippen molar-refractivity contribution in [3.63, 3.8) is 0 Å². The number of amides is 2. The molecule has 4 atom stereocenters. The molecule has 0 aliphatic carbocycles. The van der Waals surface area contributed by atoms with Gasteiger partial charge in [0.2, 0.25) is 11.8 Å². The maximum atomic E-state index is 14.6. The zero-order valence-corrected chi connectivity index (χ0v) is 21.5. The van der Waals surface area contributed by atoms with E-state index < -0.39 is 22.3 Å². The Bertz CT molecular complexity index is 1900. The minimum Gasteiger partial charge on any atom is -0.283 e. The van der Waals surface area contributed by atoms with Gasteiger partial charge in [0, 0.05) is 23.7 Å². The van der Waals surface area contributed by atoms with Crippen LogP contribution in [0.2, 0.25) is 0 Å². The summed E-state index contributed by atoms with van der Waals surface area (Å²) in [6, 6.07) is 18.8. The Kier molecular flexibility index (Phi) is 4.47. The van der Waals surface area contributed by atoms with E-state index in [1.165, 1.54) is 23.1 Å². The van der Waals surface area contributed by atoms with Crippen LogP contribution in [0, 0.1) is 28.9 Å². The Morgan fingerprint density at radius 3 is 2.55 bits per heavy atom. The van der Waals surface area contributed by atoms with Gasteiger partial charge in [0.25, 0.3) is 11.2 Å². The number of nitro benzene ring substituents is 1. The van der Waals surface area contributed by atoms with Crippen LogP contribution in [0.3, 0.4) is 0 Å². The van der Waals surface area contributed by atoms with Gasteiger partial charge in [-0.05, 0) is 56.1 Å². The fourth-order valence-electron chi connectivity index (χ4n) is 7.86. The highest BCUT2D eigenvalue weighted by atomic mass is 16.6. The number of anilines is 1. The number of benzene rings is 3. The summed E-state index contributed by atoms with van der Waals surface area (Å²) >= 11 is 0. The number of non-ortho nitro benzene ring substituents is 1. The Balaban J connectivity index is 1.41. The average Bonchev–Trinajstić information content (AvgIpc) is 3.66. The lowest BCUT2D eigenvalue weighted by atomic mass is 9.75.